The molecule has 4 nitrogen and oxygen atoms in total. The van der Waals surface area contributed by atoms with E-state index in [4.69, 9.17) is 0 Å². The quantitative estimate of drug-likeness (QED) is 0.779. The van der Waals surface area contributed by atoms with Crippen LogP contribution >= 0.6 is 0 Å². The van der Waals surface area contributed by atoms with E-state index in [2.05, 4.69) is 0 Å². The molecule has 4 heteroatoms. The number of rotatable bonds is 2. The zero-order chi connectivity index (χ0) is 14.9. The average Bonchev–Trinajstić information content (AvgIpc) is 2.38. The zero-order valence-electron chi connectivity index (χ0n) is 13.1. The van der Waals surface area contributed by atoms with Crippen molar-refractivity contribution >= 4 is 11.8 Å². The molecular formula is C16H26N2O2. The van der Waals surface area contributed by atoms with Gasteiger partial charge in [-0.15, -0.1) is 0 Å². The molecule has 1 unspecified atom stereocenters. The summed E-state index contributed by atoms with van der Waals surface area (Å²) in [6, 6.07) is -0.0269. The largest absolute Gasteiger partial charge is 0.310 e. The minimum Gasteiger partial charge on any atom is -0.310 e. The zero-order valence-corrected chi connectivity index (χ0v) is 13.1. The SMILES string of the molecule is CC(=O)N1C=C(C)N(C2CCCCC2)C(=O)C1C(C)C. The summed E-state index contributed by atoms with van der Waals surface area (Å²) in [5, 5.41) is 0. The fourth-order valence-electron chi connectivity index (χ4n) is 3.48. The standard InChI is InChI=1S/C16H26N2O2/c1-11(2)15-16(20)18(14-8-6-5-7-9-14)12(3)10-17(15)13(4)19/h10-11,14-15H,5-9H2,1-4H3. The second-order valence-electron chi connectivity index (χ2n) is 6.39. The fraction of sp³-hybridized carbons (Fsp3) is 0.750. The van der Waals surface area contributed by atoms with Crippen LogP contribution in [-0.4, -0.2) is 33.7 Å². The number of hydrogen-bond donors (Lipinski definition) is 0. The lowest BCUT2D eigenvalue weighted by atomic mass is 9.91. The number of amides is 2. The van der Waals surface area contributed by atoms with Gasteiger partial charge in [0.25, 0.3) is 0 Å². The van der Waals surface area contributed by atoms with Crippen molar-refractivity contribution in [3.05, 3.63) is 11.9 Å². The van der Waals surface area contributed by atoms with Crippen LogP contribution in [0.4, 0.5) is 0 Å². The Morgan fingerprint density at radius 2 is 1.85 bits per heavy atom. The van der Waals surface area contributed by atoms with E-state index in [0.717, 1.165) is 18.5 Å². The Morgan fingerprint density at radius 3 is 2.35 bits per heavy atom. The van der Waals surface area contributed by atoms with Crippen LogP contribution in [-0.2, 0) is 9.59 Å². The van der Waals surface area contributed by atoms with Gasteiger partial charge in [-0.25, -0.2) is 0 Å². The summed E-state index contributed by atoms with van der Waals surface area (Å²) in [5.74, 6) is 0.170. The highest BCUT2D eigenvalue weighted by atomic mass is 16.2. The van der Waals surface area contributed by atoms with Gasteiger partial charge in [0.05, 0.1) is 0 Å². The van der Waals surface area contributed by atoms with E-state index in [9.17, 15) is 9.59 Å². The maximum Gasteiger partial charge on any atom is 0.250 e. The monoisotopic (exact) mass is 278 g/mol. The fourth-order valence-corrected chi connectivity index (χ4v) is 3.48. The molecule has 0 bridgehead atoms. The highest BCUT2D eigenvalue weighted by Crippen LogP contribution is 2.31. The molecule has 0 saturated heterocycles. The van der Waals surface area contributed by atoms with E-state index in [1.807, 2.05) is 31.9 Å². The van der Waals surface area contributed by atoms with Gasteiger partial charge in [0.2, 0.25) is 11.8 Å². The number of carbonyl (C=O) groups is 2. The molecule has 0 spiro atoms. The van der Waals surface area contributed by atoms with Crippen molar-refractivity contribution in [2.24, 2.45) is 5.92 Å². The normalized spacial score (nSPS) is 25.1. The molecule has 1 saturated carbocycles. The van der Waals surface area contributed by atoms with E-state index in [1.165, 1.54) is 26.2 Å². The summed E-state index contributed by atoms with van der Waals surface area (Å²) in [4.78, 5) is 28.3. The first kappa shape index (κ1) is 15.1. The van der Waals surface area contributed by atoms with Crippen molar-refractivity contribution in [1.29, 1.82) is 0 Å². The summed E-state index contributed by atoms with van der Waals surface area (Å²) in [6.45, 7) is 7.49. The highest BCUT2D eigenvalue weighted by Gasteiger charge is 2.40. The van der Waals surface area contributed by atoms with Gasteiger partial charge in [-0.05, 0) is 25.7 Å². The van der Waals surface area contributed by atoms with E-state index >= 15 is 0 Å². The molecule has 1 aliphatic carbocycles. The van der Waals surface area contributed by atoms with Gasteiger partial charge < -0.3 is 9.80 Å². The molecule has 1 atom stereocenters. The number of hydrogen-bond acceptors (Lipinski definition) is 2. The van der Waals surface area contributed by atoms with Crippen LogP contribution in [0.15, 0.2) is 11.9 Å². The van der Waals surface area contributed by atoms with Crippen LogP contribution in [0.5, 0.6) is 0 Å². The van der Waals surface area contributed by atoms with Crippen molar-refractivity contribution in [2.75, 3.05) is 0 Å². The lowest BCUT2D eigenvalue weighted by molar-refractivity contribution is -0.147. The van der Waals surface area contributed by atoms with Crippen LogP contribution < -0.4 is 0 Å². The summed E-state index contributed by atoms with van der Waals surface area (Å²) >= 11 is 0. The molecule has 0 N–H and O–H groups in total. The molecular weight excluding hydrogens is 252 g/mol. The number of allylic oxidation sites excluding steroid dienone is 1. The van der Waals surface area contributed by atoms with Gasteiger partial charge in [-0.2, -0.15) is 0 Å². The molecule has 1 heterocycles. The van der Waals surface area contributed by atoms with Crippen molar-refractivity contribution in [3.63, 3.8) is 0 Å². The van der Waals surface area contributed by atoms with Crippen LogP contribution in [0.2, 0.25) is 0 Å². The Hall–Kier alpha value is -1.32. The first-order valence-corrected chi connectivity index (χ1v) is 7.74. The van der Waals surface area contributed by atoms with Crippen LogP contribution in [0.1, 0.15) is 59.8 Å². The molecule has 0 aromatic carbocycles. The van der Waals surface area contributed by atoms with Crippen molar-refractivity contribution in [1.82, 2.24) is 9.80 Å². The maximum absolute atomic E-state index is 12.9. The Kier molecular flexibility index (Phi) is 4.51. The van der Waals surface area contributed by atoms with Gasteiger partial charge in [0.15, 0.2) is 0 Å². The highest BCUT2D eigenvalue weighted by molar-refractivity contribution is 5.90. The predicted octanol–water partition coefficient (Wildman–Crippen LogP) is 2.90. The van der Waals surface area contributed by atoms with Gasteiger partial charge in [0, 0.05) is 24.9 Å². The minimum atomic E-state index is -0.349. The Bertz CT molecular complexity index is 422. The topological polar surface area (TPSA) is 40.6 Å². The van der Waals surface area contributed by atoms with Gasteiger partial charge in [-0.3, -0.25) is 9.59 Å². The first-order chi connectivity index (χ1) is 9.43. The third kappa shape index (κ3) is 2.74. The lowest BCUT2D eigenvalue weighted by Gasteiger charge is -2.44. The lowest BCUT2D eigenvalue weighted by Crippen LogP contribution is -2.57. The molecule has 20 heavy (non-hydrogen) atoms. The van der Waals surface area contributed by atoms with Crippen molar-refractivity contribution in [3.8, 4) is 0 Å². The van der Waals surface area contributed by atoms with E-state index < -0.39 is 0 Å². The van der Waals surface area contributed by atoms with Crippen molar-refractivity contribution < 1.29 is 9.59 Å². The summed E-state index contributed by atoms with van der Waals surface area (Å²) < 4.78 is 0. The van der Waals surface area contributed by atoms with Gasteiger partial charge in [0.1, 0.15) is 6.04 Å². The Morgan fingerprint density at radius 1 is 1.25 bits per heavy atom. The summed E-state index contributed by atoms with van der Waals surface area (Å²) in [5.41, 5.74) is 0.911. The van der Waals surface area contributed by atoms with E-state index in [-0.39, 0.29) is 23.8 Å². The molecule has 1 aliphatic heterocycles. The molecule has 2 rings (SSSR count). The van der Waals surface area contributed by atoms with Crippen LogP contribution in [0.3, 0.4) is 0 Å². The average molecular weight is 278 g/mol. The number of carbonyl (C=O) groups excluding carboxylic acids is 2. The molecule has 0 aromatic heterocycles. The van der Waals surface area contributed by atoms with E-state index in [1.54, 1.807) is 4.90 Å². The summed E-state index contributed by atoms with van der Waals surface area (Å²) in [7, 11) is 0. The molecule has 2 aliphatic rings. The molecule has 2 amide bonds. The van der Waals surface area contributed by atoms with Crippen molar-refractivity contribution in [2.45, 2.75) is 71.9 Å². The molecule has 0 aromatic rings. The summed E-state index contributed by atoms with van der Waals surface area (Å²) in [6.07, 6.45) is 7.70. The minimum absolute atomic E-state index is 0.0558. The predicted molar refractivity (Wildman–Crippen MR) is 78.6 cm³/mol. The molecule has 0 radical (unpaired) electrons. The molecule has 112 valence electrons. The second kappa shape index (κ2) is 5.98. The second-order valence-corrected chi connectivity index (χ2v) is 6.39. The van der Waals surface area contributed by atoms with E-state index in [0.29, 0.717) is 6.04 Å². The molecule has 1 fully saturated rings. The smallest absolute Gasteiger partial charge is 0.250 e. The Balaban J connectivity index is 2.31. The maximum atomic E-state index is 12.9. The van der Waals surface area contributed by atoms with Crippen LogP contribution in [0.25, 0.3) is 0 Å². The van der Waals surface area contributed by atoms with Crippen LogP contribution in [0, 0.1) is 5.92 Å². The number of nitrogens with zero attached hydrogens (tertiary/aromatic N) is 2. The third-order valence-electron chi connectivity index (χ3n) is 4.43. The first-order valence-electron chi connectivity index (χ1n) is 7.74. The van der Waals surface area contributed by atoms with Gasteiger partial charge >= 0.3 is 0 Å². The Labute approximate surface area is 121 Å². The van der Waals surface area contributed by atoms with Gasteiger partial charge in [-0.1, -0.05) is 33.1 Å². The third-order valence-corrected chi connectivity index (χ3v) is 4.43.